The van der Waals surface area contributed by atoms with E-state index in [0.717, 1.165) is 33.2 Å². The maximum absolute atomic E-state index is 5.76. The van der Waals surface area contributed by atoms with Gasteiger partial charge < -0.3 is 0 Å². The highest BCUT2D eigenvalue weighted by Gasteiger charge is 2.26. The molecule has 0 N–H and O–H groups in total. The first-order valence-electron chi connectivity index (χ1n) is 20.6. The fraction of sp³-hybridized carbons (Fsp3) is 0.308. The van der Waals surface area contributed by atoms with E-state index in [0.29, 0.717) is 11.8 Å². The summed E-state index contributed by atoms with van der Waals surface area (Å²) < 4.78 is 0. The molecular formula is C52H52N2. The topological polar surface area (TPSA) is 25.8 Å². The first-order chi connectivity index (χ1) is 26.4. The Balaban J connectivity index is 1.38. The van der Waals surface area contributed by atoms with Crippen molar-refractivity contribution in [3.63, 3.8) is 0 Å². The minimum atomic E-state index is 0.565. The van der Waals surface area contributed by atoms with Crippen molar-refractivity contribution in [1.82, 2.24) is 9.97 Å². The predicted octanol–water partition coefficient (Wildman–Crippen LogP) is 14.8. The molecular weight excluding hydrogens is 653 g/mol. The molecule has 2 aromatic heterocycles. The van der Waals surface area contributed by atoms with Gasteiger partial charge in [0, 0.05) is 21.9 Å². The van der Waals surface area contributed by atoms with Gasteiger partial charge in [0.1, 0.15) is 0 Å². The molecule has 2 nitrogen and oxygen atoms in total. The summed E-state index contributed by atoms with van der Waals surface area (Å²) in [5.41, 5.74) is 19.9. The van der Waals surface area contributed by atoms with Gasteiger partial charge >= 0.3 is 0 Å². The van der Waals surface area contributed by atoms with Crippen molar-refractivity contribution in [2.24, 2.45) is 0 Å². The van der Waals surface area contributed by atoms with Crippen molar-refractivity contribution in [3.05, 3.63) is 143 Å². The van der Waals surface area contributed by atoms with Gasteiger partial charge in [-0.1, -0.05) is 147 Å². The van der Waals surface area contributed by atoms with Crippen LogP contribution in [-0.2, 0) is 0 Å². The molecule has 2 aliphatic rings. The second-order valence-corrected chi connectivity index (χ2v) is 16.5. The number of hydrogen-bond acceptors (Lipinski definition) is 2. The molecule has 0 amide bonds. The van der Waals surface area contributed by atoms with Crippen LogP contribution in [0.5, 0.6) is 0 Å². The smallest absolute Gasteiger partial charge is 0.0978 e. The second-order valence-electron chi connectivity index (χ2n) is 16.5. The van der Waals surface area contributed by atoms with E-state index in [9.17, 15) is 0 Å². The van der Waals surface area contributed by atoms with Crippen LogP contribution < -0.4 is 0 Å². The Bertz CT molecular complexity index is 2310. The van der Waals surface area contributed by atoms with Crippen LogP contribution in [0.2, 0.25) is 0 Å². The molecule has 2 heteroatoms. The summed E-state index contributed by atoms with van der Waals surface area (Å²) in [5.74, 6) is 1.13. The Labute approximate surface area is 321 Å². The van der Waals surface area contributed by atoms with Crippen LogP contribution in [-0.4, -0.2) is 9.97 Å². The van der Waals surface area contributed by atoms with Crippen LogP contribution in [0.4, 0.5) is 0 Å². The monoisotopic (exact) mass is 704 g/mol. The Hall–Kier alpha value is -5.08. The van der Waals surface area contributed by atoms with Gasteiger partial charge in [-0.3, -0.25) is 0 Å². The molecule has 0 bridgehead atoms. The fourth-order valence-electron chi connectivity index (χ4n) is 10.1. The molecule has 2 saturated carbocycles. The maximum atomic E-state index is 5.76. The number of fused-ring (bicyclic) bond motifs is 3. The van der Waals surface area contributed by atoms with Crippen molar-refractivity contribution < 1.29 is 0 Å². The number of hydrogen-bond donors (Lipinski definition) is 0. The summed E-state index contributed by atoms with van der Waals surface area (Å²) >= 11 is 0. The quantitative estimate of drug-likeness (QED) is 0.161. The zero-order valence-corrected chi connectivity index (χ0v) is 32.5. The molecule has 0 atom stereocenters. The number of aromatic nitrogens is 2. The van der Waals surface area contributed by atoms with Crippen molar-refractivity contribution in [2.45, 2.75) is 104 Å². The van der Waals surface area contributed by atoms with E-state index in [4.69, 9.17) is 9.97 Å². The SMILES string of the molecule is Cc1cc(C)c(-c2cc(-c3ccccc3)c3ccc4c(-c5ccccc5)cc(-c5c(C)cc(C)cc5C5CCCCC5)nc4c3n2)c(C2CCCCC2)c1. The first-order valence-corrected chi connectivity index (χ1v) is 20.6. The molecule has 0 spiro atoms. The van der Waals surface area contributed by atoms with E-state index in [1.54, 1.807) is 0 Å². The van der Waals surface area contributed by atoms with Crippen molar-refractivity contribution in [2.75, 3.05) is 0 Å². The third-order valence-electron chi connectivity index (χ3n) is 12.6. The van der Waals surface area contributed by atoms with E-state index in [1.807, 2.05) is 0 Å². The molecule has 2 heterocycles. The zero-order chi connectivity index (χ0) is 36.8. The lowest BCUT2D eigenvalue weighted by atomic mass is 9.79. The first kappa shape index (κ1) is 34.7. The predicted molar refractivity (Wildman–Crippen MR) is 229 cm³/mol. The summed E-state index contributed by atoms with van der Waals surface area (Å²) in [5, 5.41) is 2.30. The molecule has 7 aromatic rings. The van der Waals surface area contributed by atoms with Crippen LogP contribution in [0.15, 0.2) is 109 Å². The number of nitrogens with zero attached hydrogens (tertiary/aromatic N) is 2. The van der Waals surface area contributed by atoms with Crippen LogP contribution >= 0.6 is 0 Å². The molecule has 2 aliphatic carbocycles. The minimum absolute atomic E-state index is 0.565. The average molecular weight is 705 g/mol. The van der Waals surface area contributed by atoms with E-state index in [-0.39, 0.29) is 0 Å². The van der Waals surface area contributed by atoms with E-state index >= 15 is 0 Å². The molecule has 54 heavy (non-hydrogen) atoms. The van der Waals surface area contributed by atoms with E-state index in [1.165, 1.54) is 131 Å². The lowest BCUT2D eigenvalue weighted by Crippen LogP contribution is -2.08. The molecule has 5 aromatic carbocycles. The van der Waals surface area contributed by atoms with Crippen molar-refractivity contribution in [3.8, 4) is 44.8 Å². The molecule has 2 fully saturated rings. The van der Waals surface area contributed by atoms with Gasteiger partial charge in [-0.25, -0.2) is 9.97 Å². The largest absolute Gasteiger partial charge is 0.245 e. The molecule has 9 rings (SSSR count). The lowest BCUT2D eigenvalue weighted by molar-refractivity contribution is 0.444. The zero-order valence-electron chi connectivity index (χ0n) is 32.5. The molecule has 0 unspecified atom stereocenters. The normalized spacial score (nSPS) is 15.6. The van der Waals surface area contributed by atoms with Crippen LogP contribution in [0.3, 0.4) is 0 Å². The highest BCUT2D eigenvalue weighted by molar-refractivity contribution is 6.13. The molecule has 0 aliphatic heterocycles. The summed E-state index contributed by atoms with van der Waals surface area (Å²) in [6.07, 6.45) is 12.9. The highest BCUT2D eigenvalue weighted by Crippen LogP contribution is 2.45. The number of aryl methyl sites for hydroxylation is 4. The Kier molecular flexibility index (Phi) is 9.39. The highest BCUT2D eigenvalue weighted by atomic mass is 14.8. The summed E-state index contributed by atoms with van der Waals surface area (Å²) in [7, 11) is 0. The van der Waals surface area contributed by atoms with E-state index < -0.39 is 0 Å². The summed E-state index contributed by atoms with van der Waals surface area (Å²) in [6, 6.07) is 40.8. The van der Waals surface area contributed by atoms with Crippen LogP contribution in [0, 0.1) is 27.7 Å². The molecule has 270 valence electrons. The van der Waals surface area contributed by atoms with Gasteiger partial charge in [0.05, 0.1) is 22.4 Å². The number of rotatable bonds is 6. The standard InChI is InChI=1S/C52H52N2/c1-33-27-35(3)49(45(29-33)39-21-13-7-14-22-39)47-31-43(37-17-9-5-10-18-37)41-25-26-42-44(38-19-11-6-12-20-38)32-48(54-52(42)51(41)53-47)50-36(4)28-34(2)30-46(50)40-23-15-8-16-24-40/h5-6,9-12,17-20,25-32,39-40H,7-8,13-16,21-24H2,1-4H3. The second kappa shape index (κ2) is 14.6. The number of pyridine rings is 2. The third-order valence-corrected chi connectivity index (χ3v) is 12.6. The van der Waals surface area contributed by atoms with Crippen LogP contribution in [0.1, 0.15) is 109 Å². The van der Waals surface area contributed by atoms with Gasteiger partial charge in [0.25, 0.3) is 0 Å². The molecule has 0 saturated heterocycles. The summed E-state index contributed by atoms with van der Waals surface area (Å²) in [6.45, 7) is 9.10. The number of benzene rings is 5. The Morgan fingerprint density at radius 1 is 0.426 bits per heavy atom. The van der Waals surface area contributed by atoms with E-state index in [2.05, 4.69) is 137 Å². The Morgan fingerprint density at radius 3 is 1.20 bits per heavy atom. The van der Waals surface area contributed by atoms with Gasteiger partial charge in [0.15, 0.2) is 0 Å². The molecule has 0 radical (unpaired) electrons. The van der Waals surface area contributed by atoms with Gasteiger partial charge in [0.2, 0.25) is 0 Å². The third kappa shape index (κ3) is 6.44. The van der Waals surface area contributed by atoms with Crippen molar-refractivity contribution >= 4 is 21.8 Å². The lowest BCUT2D eigenvalue weighted by Gasteiger charge is -2.27. The maximum Gasteiger partial charge on any atom is 0.0978 e. The summed E-state index contributed by atoms with van der Waals surface area (Å²) in [4.78, 5) is 11.5. The Morgan fingerprint density at radius 2 is 0.815 bits per heavy atom. The van der Waals surface area contributed by atoms with Gasteiger partial charge in [-0.15, -0.1) is 0 Å². The van der Waals surface area contributed by atoms with Crippen molar-refractivity contribution in [1.29, 1.82) is 0 Å². The minimum Gasteiger partial charge on any atom is -0.245 e. The average Bonchev–Trinajstić information content (AvgIpc) is 3.20. The fourth-order valence-corrected chi connectivity index (χ4v) is 10.1. The van der Waals surface area contributed by atoms with Gasteiger partial charge in [-0.2, -0.15) is 0 Å². The van der Waals surface area contributed by atoms with Crippen LogP contribution in [0.25, 0.3) is 66.6 Å². The van der Waals surface area contributed by atoms with Gasteiger partial charge in [-0.05, 0) is 122 Å².